The van der Waals surface area contributed by atoms with Gasteiger partial charge in [-0.15, -0.1) is 11.3 Å². The van der Waals surface area contributed by atoms with Crippen molar-refractivity contribution in [3.05, 3.63) is 34.6 Å². The van der Waals surface area contributed by atoms with Crippen LogP contribution in [0.25, 0.3) is 33.0 Å². The average molecular weight is 411 g/mol. The number of primary amides is 1. The largest absolute Gasteiger partial charge is 0.364 e. The summed E-state index contributed by atoms with van der Waals surface area (Å²) in [6.07, 6.45) is 1.74. The Morgan fingerprint density at radius 1 is 1.28 bits per heavy atom. The van der Waals surface area contributed by atoms with E-state index in [-0.39, 0.29) is 5.69 Å². The minimum Gasteiger partial charge on any atom is -0.364 e. The van der Waals surface area contributed by atoms with Crippen molar-refractivity contribution in [1.29, 1.82) is 0 Å². The molecule has 0 unspecified atom stereocenters. The number of nitrogens with zero attached hydrogens (tertiary/aromatic N) is 6. The van der Waals surface area contributed by atoms with Crippen molar-refractivity contribution in [2.45, 2.75) is 26.9 Å². The van der Waals surface area contributed by atoms with E-state index >= 15 is 0 Å². The van der Waals surface area contributed by atoms with Gasteiger partial charge in [-0.1, -0.05) is 0 Å². The summed E-state index contributed by atoms with van der Waals surface area (Å²) in [7, 11) is 3.71. The van der Waals surface area contributed by atoms with Crippen molar-refractivity contribution in [1.82, 2.24) is 34.8 Å². The summed E-state index contributed by atoms with van der Waals surface area (Å²) in [5, 5.41) is 13.7. The van der Waals surface area contributed by atoms with Gasteiger partial charge in [0.25, 0.3) is 5.91 Å². The zero-order chi connectivity index (χ0) is 20.7. The standard InChI is InChI=1S/C19H22N8OS/c1-5-27-14(6-10(2)25-27)19-24-17(15(29-19)9-21-3)16-11-8-22-26(4)13(11)7-12(23-16)18(20)28/h6-8,21H,5,9H2,1-4H3,(H2,20,28). The number of hydrogen-bond donors (Lipinski definition) is 2. The number of nitrogens with two attached hydrogens (primary N) is 1. The van der Waals surface area contributed by atoms with Gasteiger partial charge in [0, 0.05) is 30.4 Å². The fourth-order valence-electron chi connectivity index (χ4n) is 3.34. The number of hydrogen-bond acceptors (Lipinski definition) is 7. The number of amides is 1. The zero-order valence-electron chi connectivity index (χ0n) is 16.7. The van der Waals surface area contributed by atoms with Crippen LogP contribution in [-0.2, 0) is 20.1 Å². The van der Waals surface area contributed by atoms with Crippen molar-refractivity contribution in [3.63, 3.8) is 0 Å². The maximum absolute atomic E-state index is 11.9. The molecule has 0 bridgehead atoms. The number of pyridine rings is 1. The van der Waals surface area contributed by atoms with Gasteiger partial charge >= 0.3 is 0 Å². The number of carbonyl (C=O) groups excluding carboxylic acids is 1. The molecular weight excluding hydrogens is 388 g/mol. The van der Waals surface area contributed by atoms with Gasteiger partial charge in [-0.05, 0) is 33.0 Å². The molecule has 0 aliphatic heterocycles. The molecule has 29 heavy (non-hydrogen) atoms. The summed E-state index contributed by atoms with van der Waals surface area (Å²) < 4.78 is 3.64. The molecule has 0 atom stereocenters. The number of fused-ring (bicyclic) bond motifs is 1. The third kappa shape index (κ3) is 3.30. The zero-order valence-corrected chi connectivity index (χ0v) is 17.5. The van der Waals surface area contributed by atoms with E-state index in [1.807, 2.05) is 31.8 Å². The Hall–Kier alpha value is -3.11. The lowest BCUT2D eigenvalue weighted by atomic mass is 10.1. The average Bonchev–Trinajstić information content (AvgIpc) is 3.38. The Kier molecular flexibility index (Phi) is 4.89. The Morgan fingerprint density at radius 2 is 2.07 bits per heavy atom. The summed E-state index contributed by atoms with van der Waals surface area (Å²) in [6.45, 7) is 5.39. The highest BCUT2D eigenvalue weighted by Crippen LogP contribution is 2.36. The van der Waals surface area contributed by atoms with E-state index in [0.29, 0.717) is 12.2 Å². The molecule has 10 heteroatoms. The van der Waals surface area contributed by atoms with Gasteiger partial charge in [-0.2, -0.15) is 10.2 Å². The minimum absolute atomic E-state index is 0.190. The molecule has 3 N–H and O–H groups in total. The lowest BCUT2D eigenvalue weighted by Crippen LogP contribution is -2.14. The predicted octanol–water partition coefficient (Wildman–Crippen LogP) is 2.10. The first kappa shape index (κ1) is 19.2. The van der Waals surface area contributed by atoms with Crippen LogP contribution in [0.15, 0.2) is 18.3 Å². The number of aromatic nitrogens is 6. The normalized spacial score (nSPS) is 11.4. The van der Waals surface area contributed by atoms with Gasteiger partial charge in [0.2, 0.25) is 0 Å². The Morgan fingerprint density at radius 3 is 2.76 bits per heavy atom. The summed E-state index contributed by atoms with van der Waals surface area (Å²) >= 11 is 1.59. The highest BCUT2D eigenvalue weighted by molar-refractivity contribution is 7.15. The van der Waals surface area contributed by atoms with Gasteiger partial charge in [0.15, 0.2) is 0 Å². The molecular formula is C19H22N8OS. The molecule has 4 heterocycles. The number of carbonyl (C=O) groups is 1. The van der Waals surface area contributed by atoms with E-state index in [9.17, 15) is 4.79 Å². The highest BCUT2D eigenvalue weighted by atomic mass is 32.1. The first-order valence-electron chi connectivity index (χ1n) is 9.25. The molecule has 0 radical (unpaired) electrons. The van der Waals surface area contributed by atoms with Crippen LogP contribution in [0.3, 0.4) is 0 Å². The lowest BCUT2D eigenvalue weighted by Gasteiger charge is -2.06. The summed E-state index contributed by atoms with van der Waals surface area (Å²) in [6, 6.07) is 3.69. The minimum atomic E-state index is -0.584. The van der Waals surface area contributed by atoms with Crippen LogP contribution in [0, 0.1) is 6.92 Å². The van der Waals surface area contributed by atoms with Gasteiger partial charge in [0.05, 0.1) is 23.1 Å². The SMILES string of the molecule is CCn1nc(C)cc1-c1nc(-c2nc(C(N)=O)cc3c2cnn3C)c(CNC)s1. The van der Waals surface area contributed by atoms with Crippen LogP contribution in [0.1, 0.15) is 28.0 Å². The summed E-state index contributed by atoms with van der Waals surface area (Å²) in [5.74, 6) is -0.584. The fraction of sp³-hybridized carbons (Fsp3) is 0.316. The van der Waals surface area contributed by atoms with Crippen LogP contribution in [-0.4, -0.2) is 42.5 Å². The summed E-state index contributed by atoms with van der Waals surface area (Å²) in [5.41, 5.74) is 9.74. The number of thiazole rings is 1. The molecule has 0 aliphatic rings. The van der Waals surface area contributed by atoms with Gasteiger partial charge in [0.1, 0.15) is 22.1 Å². The number of rotatable bonds is 6. The van der Waals surface area contributed by atoms with E-state index in [1.54, 1.807) is 28.3 Å². The molecule has 1 amide bonds. The van der Waals surface area contributed by atoms with Gasteiger partial charge in [-0.25, -0.2) is 9.97 Å². The maximum Gasteiger partial charge on any atom is 0.267 e. The Labute approximate surface area is 171 Å². The molecule has 0 saturated heterocycles. The molecule has 0 fully saturated rings. The molecule has 0 saturated carbocycles. The first-order valence-corrected chi connectivity index (χ1v) is 10.1. The van der Waals surface area contributed by atoms with Crippen LogP contribution in [0.2, 0.25) is 0 Å². The van der Waals surface area contributed by atoms with Gasteiger partial charge < -0.3 is 11.1 Å². The van der Waals surface area contributed by atoms with Crippen LogP contribution >= 0.6 is 11.3 Å². The number of nitrogens with one attached hydrogen (secondary N) is 1. The second-order valence-corrected chi connectivity index (χ2v) is 7.81. The van der Waals surface area contributed by atoms with Crippen LogP contribution in [0.5, 0.6) is 0 Å². The van der Waals surface area contributed by atoms with Crippen LogP contribution in [0.4, 0.5) is 0 Å². The van der Waals surface area contributed by atoms with E-state index < -0.39 is 5.91 Å². The first-order chi connectivity index (χ1) is 13.9. The molecule has 150 valence electrons. The van der Waals surface area contributed by atoms with Gasteiger partial charge in [-0.3, -0.25) is 14.2 Å². The second-order valence-electron chi connectivity index (χ2n) is 6.73. The predicted molar refractivity (Wildman–Crippen MR) is 113 cm³/mol. The maximum atomic E-state index is 11.9. The van der Waals surface area contributed by atoms with E-state index in [4.69, 9.17) is 10.7 Å². The molecule has 4 aromatic heterocycles. The van der Waals surface area contributed by atoms with E-state index in [1.165, 1.54) is 0 Å². The van der Waals surface area contributed by atoms with E-state index in [2.05, 4.69) is 27.4 Å². The molecule has 0 aliphatic carbocycles. The van der Waals surface area contributed by atoms with Crippen molar-refractivity contribution in [3.8, 4) is 22.1 Å². The molecule has 0 spiro atoms. The molecule has 4 rings (SSSR count). The highest BCUT2D eigenvalue weighted by Gasteiger charge is 2.22. The Balaban J connectivity index is 1.97. The van der Waals surface area contributed by atoms with Crippen LogP contribution < -0.4 is 11.1 Å². The second kappa shape index (κ2) is 7.37. The Bertz CT molecular complexity index is 1220. The molecule has 9 nitrogen and oxygen atoms in total. The van der Waals surface area contributed by atoms with Crippen molar-refractivity contribution in [2.75, 3.05) is 7.05 Å². The topological polar surface area (TPSA) is 117 Å². The third-order valence-electron chi connectivity index (χ3n) is 4.68. The van der Waals surface area contributed by atoms with Crippen molar-refractivity contribution in [2.24, 2.45) is 12.8 Å². The summed E-state index contributed by atoms with van der Waals surface area (Å²) in [4.78, 5) is 22.4. The monoisotopic (exact) mass is 410 g/mol. The number of aryl methyl sites for hydroxylation is 3. The third-order valence-corrected chi connectivity index (χ3v) is 5.76. The fourth-order valence-corrected chi connectivity index (χ4v) is 4.43. The van der Waals surface area contributed by atoms with Crippen molar-refractivity contribution >= 4 is 28.1 Å². The molecule has 4 aromatic rings. The quantitative estimate of drug-likeness (QED) is 0.503. The smallest absolute Gasteiger partial charge is 0.267 e. The molecule has 0 aromatic carbocycles. The lowest BCUT2D eigenvalue weighted by molar-refractivity contribution is 0.0996. The van der Waals surface area contributed by atoms with E-state index in [0.717, 1.165) is 44.4 Å². The van der Waals surface area contributed by atoms with Crippen molar-refractivity contribution < 1.29 is 4.79 Å².